The van der Waals surface area contributed by atoms with Crippen molar-refractivity contribution < 1.29 is 14.3 Å². The summed E-state index contributed by atoms with van der Waals surface area (Å²) in [5, 5.41) is 8.83. The van der Waals surface area contributed by atoms with Crippen molar-refractivity contribution in [1.29, 1.82) is 0 Å². The number of ketones is 1. The Kier molecular flexibility index (Phi) is 6.67. The normalized spacial score (nSPS) is 12.7. The second-order valence-electron chi connectivity index (χ2n) is 4.72. The van der Waals surface area contributed by atoms with E-state index in [2.05, 4.69) is 4.90 Å². The highest BCUT2D eigenvalue weighted by Crippen LogP contribution is 2.14. The van der Waals surface area contributed by atoms with Crippen molar-refractivity contribution in [2.75, 3.05) is 26.2 Å². The maximum Gasteiger partial charge on any atom is 0.169 e. The molecule has 1 aromatic rings. The van der Waals surface area contributed by atoms with Gasteiger partial charge in [-0.25, -0.2) is 4.39 Å². The van der Waals surface area contributed by atoms with Crippen molar-refractivity contribution in [3.05, 3.63) is 35.6 Å². The van der Waals surface area contributed by atoms with Gasteiger partial charge in [0.25, 0.3) is 0 Å². The fourth-order valence-corrected chi connectivity index (χ4v) is 2.07. The Bertz CT molecular complexity index is 409. The van der Waals surface area contributed by atoms with Crippen LogP contribution in [0.2, 0.25) is 0 Å². The molecule has 0 bridgehead atoms. The van der Waals surface area contributed by atoms with Gasteiger partial charge in [-0.05, 0) is 25.1 Å². The zero-order valence-electron chi connectivity index (χ0n) is 11.6. The summed E-state index contributed by atoms with van der Waals surface area (Å²) in [6, 6.07) is 6.09. The Morgan fingerprint density at radius 1 is 1.42 bits per heavy atom. The van der Waals surface area contributed by atoms with Crippen molar-refractivity contribution in [1.82, 2.24) is 4.90 Å². The third-order valence-corrected chi connectivity index (χ3v) is 3.20. The Morgan fingerprint density at radius 3 is 2.68 bits per heavy atom. The number of halogens is 1. The van der Waals surface area contributed by atoms with Crippen molar-refractivity contribution >= 4 is 5.78 Å². The van der Waals surface area contributed by atoms with E-state index in [1.165, 1.54) is 12.1 Å². The number of rotatable bonds is 8. The molecule has 0 aliphatic carbocycles. The van der Waals surface area contributed by atoms with E-state index in [0.29, 0.717) is 13.0 Å². The predicted octanol–water partition coefficient (Wildman–Crippen LogP) is 2.35. The predicted molar refractivity (Wildman–Crippen MR) is 73.7 cm³/mol. The second kappa shape index (κ2) is 8.02. The summed E-state index contributed by atoms with van der Waals surface area (Å²) < 4.78 is 13.6. The lowest BCUT2D eigenvalue weighted by Crippen LogP contribution is -2.33. The van der Waals surface area contributed by atoms with Crippen molar-refractivity contribution in [2.45, 2.75) is 20.3 Å². The Balaban J connectivity index is 2.64. The molecular weight excluding hydrogens is 245 g/mol. The van der Waals surface area contributed by atoms with E-state index in [0.717, 1.165) is 13.1 Å². The summed E-state index contributed by atoms with van der Waals surface area (Å²) in [4.78, 5) is 14.3. The molecule has 0 aliphatic rings. The first-order valence-electron chi connectivity index (χ1n) is 6.72. The molecule has 1 unspecified atom stereocenters. The van der Waals surface area contributed by atoms with Crippen LogP contribution < -0.4 is 0 Å². The molecule has 0 aliphatic heterocycles. The number of Topliss-reactive ketones (excluding diaryl/α,β-unsaturated/α-hetero) is 1. The largest absolute Gasteiger partial charge is 0.396 e. The zero-order valence-corrected chi connectivity index (χ0v) is 11.6. The van der Waals surface area contributed by atoms with Gasteiger partial charge >= 0.3 is 0 Å². The van der Waals surface area contributed by atoms with Crippen LogP contribution in [0.25, 0.3) is 0 Å². The third-order valence-electron chi connectivity index (χ3n) is 3.20. The highest BCUT2D eigenvalue weighted by molar-refractivity contribution is 5.98. The van der Waals surface area contributed by atoms with Crippen LogP contribution in [0.1, 0.15) is 30.6 Å². The molecule has 0 heterocycles. The van der Waals surface area contributed by atoms with Gasteiger partial charge in [-0.15, -0.1) is 0 Å². The highest BCUT2D eigenvalue weighted by atomic mass is 19.1. The van der Waals surface area contributed by atoms with Gasteiger partial charge in [0.1, 0.15) is 5.82 Å². The maximum absolute atomic E-state index is 13.6. The number of nitrogens with zero attached hydrogens (tertiary/aromatic N) is 1. The molecule has 3 nitrogen and oxygen atoms in total. The van der Waals surface area contributed by atoms with Crippen LogP contribution in [0.4, 0.5) is 4.39 Å². The van der Waals surface area contributed by atoms with E-state index in [4.69, 9.17) is 5.11 Å². The summed E-state index contributed by atoms with van der Waals surface area (Å²) in [6.45, 7) is 6.13. The van der Waals surface area contributed by atoms with Gasteiger partial charge in [0.05, 0.1) is 5.56 Å². The Morgan fingerprint density at radius 2 is 2.11 bits per heavy atom. The van der Waals surface area contributed by atoms with Crippen LogP contribution >= 0.6 is 0 Å². The van der Waals surface area contributed by atoms with Gasteiger partial charge in [0, 0.05) is 25.6 Å². The molecule has 106 valence electrons. The topological polar surface area (TPSA) is 40.5 Å². The number of aliphatic hydroxyl groups is 1. The average Bonchev–Trinajstić information content (AvgIpc) is 2.43. The molecule has 0 saturated heterocycles. The van der Waals surface area contributed by atoms with E-state index in [9.17, 15) is 9.18 Å². The minimum absolute atomic E-state index is 0.145. The molecule has 1 atom stereocenters. The molecule has 0 saturated carbocycles. The smallest absolute Gasteiger partial charge is 0.169 e. The molecule has 4 heteroatoms. The van der Waals surface area contributed by atoms with Crippen LogP contribution in [0, 0.1) is 11.7 Å². The minimum atomic E-state index is -0.460. The lowest BCUT2D eigenvalue weighted by atomic mass is 9.98. The van der Waals surface area contributed by atoms with Crippen molar-refractivity contribution in [3.63, 3.8) is 0 Å². The molecular formula is C15H22FNO2. The molecule has 1 rings (SSSR count). The number of benzene rings is 1. The van der Waals surface area contributed by atoms with E-state index in [1.54, 1.807) is 12.1 Å². The second-order valence-corrected chi connectivity index (χ2v) is 4.72. The maximum atomic E-state index is 13.6. The first-order valence-corrected chi connectivity index (χ1v) is 6.72. The first-order chi connectivity index (χ1) is 9.10. The fourth-order valence-electron chi connectivity index (χ4n) is 2.07. The van der Waals surface area contributed by atoms with Gasteiger partial charge in [-0.2, -0.15) is 0 Å². The molecule has 1 aromatic carbocycles. The summed E-state index contributed by atoms with van der Waals surface area (Å²) in [7, 11) is 0. The first kappa shape index (κ1) is 15.8. The summed E-state index contributed by atoms with van der Waals surface area (Å²) in [6.07, 6.45) is 0.689. The van der Waals surface area contributed by atoms with Gasteiger partial charge in [0.15, 0.2) is 5.78 Å². The van der Waals surface area contributed by atoms with Gasteiger partial charge < -0.3 is 10.0 Å². The summed E-state index contributed by atoms with van der Waals surface area (Å²) >= 11 is 0. The molecule has 0 fully saturated rings. The minimum Gasteiger partial charge on any atom is -0.396 e. The SMILES string of the molecule is CCN(CCCO)CC(C)C(=O)c1ccccc1F. The molecule has 1 N–H and O–H groups in total. The highest BCUT2D eigenvalue weighted by Gasteiger charge is 2.20. The third kappa shape index (κ3) is 4.73. The molecule has 0 radical (unpaired) electrons. The molecule has 0 amide bonds. The number of carbonyl (C=O) groups excluding carboxylic acids is 1. The number of aliphatic hydroxyl groups excluding tert-OH is 1. The lowest BCUT2D eigenvalue weighted by molar-refractivity contribution is 0.0889. The van der Waals surface area contributed by atoms with Crippen LogP contribution in [0.15, 0.2) is 24.3 Å². The van der Waals surface area contributed by atoms with E-state index in [-0.39, 0.29) is 23.9 Å². The molecule has 0 spiro atoms. The summed E-state index contributed by atoms with van der Waals surface area (Å²) in [5.74, 6) is -0.881. The van der Waals surface area contributed by atoms with E-state index in [1.807, 2.05) is 13.8 Å². The average molecular weight is 267 g/mol. The molecule has 19 heavy (non-hydrogen) atoms. The number of carbonyl (C=O) groups is 1. The van der Waals surface area contributed by atoms with E-state index < -0.39 is 5.82 Å². The standard InChI is InChI=1S/C15H22FNO2/c1-3-17(9-6-10-18)11-12(2)15(19)13-7-4-5-8-14(13)16/h4-5,7-8,12,18H,3,6,9-11H2,1-2H3. The van der Waals surface area contributed by atoms with Crippen LogP contribution in [0.5, 0.6) is 0 Å². The monoisotopic (exact) mass is 267 g/mol. The van der Waals surface area contributed by atoms with Crippen molar-refractivity contribution in [3.8, 4) is 0 Å². The van der Waals surface area contributed by atoms with E-state index >= 15 is 0 Å². The van der Waals surface area contributed by atoms with Crippen LogP contribution in [0.3, 0.4) is 0 Å². The van der Waals surface area contributed by atoms with Crippen LogP contribution in [-0.2, 0) is 0 Å². The zero-order chi connectivity index (χ0) is 14.3. The van der Waals surface area contributed by atoms with Crippen molar-refractivity contribution in [2.24, 2.45) is 5.92 Å². The Hall–Kier alpha value is -1.26. The lowest BCUT2D eigenvalue weighted by Gasteiger charge is -2.23. The molecule has 0 aromatic heterocycles. The van der Waals surface area contributed by atoms with Gasteiger partial charge in [-0.3, -0.25) is 4.79 Å². The number of hydrogen-bond donors (Lipinski definition) is 1. The van der Waals surface area contributed by atoms with Gasteiger partial charge in [-0.1, -0.05) is 26.0 Å². The fraction of sp³-hybridized carbons (Fsp3) is 0.533. The van der Waals surface area contributed by atoms with Crippen LogP contribution in [-0.4, -0.2) is 42.0 Å². The van der Waals surface area contributed by atoms with Gasteiger partial charge in [0.2, 0.25) is 0 Å². The Labute approximate surface area is 114 Å². The quantitative estimate of drug-likeness (QED) is 0.735. The number of hydrogen-bond acceptors (Lipinski definition) is 3. The summed E-state index contributed by atoms with van der Waals surface area (Å²) in [5.41, 5.74) is 0.160.